The van der Waals surface area contributed by atoms with Gasteiger partial charge in [-0.3, -0.25) is 0 Å². The van der Waals surface area contributed by atoms with Crippen LogP contribution in [-0.4, -0.2) is 8.42 Å². The largest absolute Gasteiger partial charge is 0.467 e. The molecule has 0 spiro atoms. The van der Waals surface area contributed by atoms with E-state index in [2.05, 4.69) is 0 Å². The zero-order valence-corrected chi connectivity index (χ0v) is 11.3. The van der Waals surface area contributed by atoms with Crippen molar-refractivity contribution in [1.29, 1.82) is 0 Å². The molecule has 0 bridgehead atoms. The minimum atomic E-state index is -3.60. The highest BCUT2D eigenvalue weighted by Gasteiger charge is 2.27. The summed E-state index contributed by atoms with van der Waals surface area (Å²) in [6.07, 6.45) is 2.98. The van der Waals surface area contributed by atoms with Crippen molar-refractivity contribution >= 4 is 9.84 Å². The first-order valence-electron chi connectivity index (χ1n) is 5.82. The Bertz CT molecular complexity index is 658. The Kier molecular flexibility index (Phi) is 3.87. The van der Waals surface area contributed by atoms with Gasteiger partial charge in [0.15, 0.2) is 0 Å². The molecule has 0 radical (unpaired) electrons. The molecule has 2 aromatic rings. The Hall–Kier alpha value is -1.85. The lowest BCUT2D eigenvalue weighted by Gasteiger charge is -2.14. The third-order valence-corrected chi connectivity index (χ3v) is 4.81. The van der Waals surface area contributed by atoms with Gasteiger partial charge in [-0.05, 0) is 31.2 Å². The molecular weight excluding hydrogens is 262 g/mol. The fourth-order valence-electron chi connectivity index (χ4n) is 1.85. The fourth-order valence-corrected chi connectivity index (χ4v) is 3.39. The maximum Gasteiger partial charge on any atom is 0.204 e. The van der Waals surface area contributed by atoms with Crippen molar-refractivity contribution in [3.8, 4) is 0 Å². The minimum absolute atomic E-state index is 0.133. The predicted molar refractivity (Wildman–Crippen MR) is 73.0 cm³/mol. The molecule has 1 atom stereocenters. The topological polar surface area (TPSA) is 73.3 Å². The van der Waals surface area contributed by atoms with Crippen LogP contribution in [0.1, 0.15) is 18.7 Å². The molecule has 5 heteroatoms. The van der Waals surface area contributed by atoms with Gasteiger partial charge in [0.1, 0.15) is 5.76 Å². The molecule has 100 valence electrons. The number of sulfone groups is 1. The number of rotatable bonds is 4. The monoisotopic (exact) mass is 277 g/mol. The maximum absolute atomic E-state index is 12.5. The standard InChI is InChI=1S/C14H15NO3S/c1-2-13(14(15)12-9-6-10-18-12)19(16,17)11-7-4-3-5-8-11/h2-10,14H,15H2,1H3/b13-2-/t14-/m1/s1. The summed E-state index contributed by atoms with van der Waals surface area (Å²) in [4.78, 5) is 0.360. The zero-order valence-electron chi connectivity index (χ0n) is 10.5. The molecule has 1 heterocycles. The first-order valence-corrected chi connectivity index (χ1v) is 7.31. The molecule has 0 aliphatic carbocycles. The summed E-state index contributed by atoms with van der Waals surface area (Å²) in [5, 5.41) is 0. The average molecular weight is 277 g/mol. The number of benzene rings is 1. The summed E-state index contributed by atoms with van der Waals surface area (Å²) in [6.45, 7) is 1.65. The van der Waals surface area contributed by atoms with Gasteiger partial charge in [-0.25, -0.2) is 8.42 Å². The van der Waals surface area contributed by atoms with Crippen LogP contribution in [0.25, 0.3) is 0 Å². The molecule has 4 nitrogen and oxygen atoms in total. The van der Waals surface area contributed by atoms with Crippen molar-refractivity contribution in [1.82, 2.24) is 0 Å². The second-order valence-electron chi connectivity index (χ2n) is 4.00. The van der Waals surface area contributed by atoms with E-state index >= 15 is 0 Å². The average Bonchev–Trinajstić information content (AvgIpc) is 2.94. The lowest BCUT2D eigenvalue weighted by atomic mass is 10.2. The Labute approximate surface area is 112 Å². The van der Waals surface area contributed by atoms with Crippen molar-refractivity contribution in [3.63, 3.8) is 0 Å². The molecule has 2 rings (SSSR count). The quantitative estimate of drug-likeness (QED) is 0.932. The van der Waals surface area contributed by atoms with E-state index in [0.717, 1.165) is 0 Å². The van der Waals surface area contributed by atoms with Crippen molar-refractivity contribution in [2.75, 3.05) is 0 Å². The number of hydrogen-bond acceptors (Lipinski definition) is 4. The van der Waals surface area contributed by atoms with Crippen LogP contribution in [0, 0.1) is 0 Å². The molecule has 1 aromatic heterocycles. The van der Waals surface area contributed by atoms with Gasteiger partial charge in [0.25, 0.3) is 0 Å². The van der Waals surface area contributed by atoms with Crippen LogP contribution in [0.3, 0.4) is 0 Å². The number of nitrogens with two attached hydrogens (primary N) is 1. The van der Waals surface area contributed by atoms with Gasteiger partial charge >= 0.3 is 0 Å². The second kappa shape index (κ2) is 5.42. The van der Waals surface area contributed by atoms with Gasteiger partial charge in [-0.15, -0.1) is 0 Å². The number of hydrogen-bond donors (Lipinski definition) is 1. The van der Waals surface area contributed by atoms with E-state index in [1.165, 1.54) is 12.3 Å². The van der Waals surface area contributed by atoms with Crippen molar-refractivity contribution in [2.45, 2.75) is 17.9 Å². The van der Waals surface area contributed by atoms with Crippen molar-refractivity contribution in [2.24, 2.45) is 5.73 Å². The van der Waals surface area contributed by atoms with Crippen LogP contribution in [-0.2, 0) is 9.84 Å². The van der Waals surface area contributed by atoms with E-state index < -0.39 is 15.9 Å². The van der Waals surface area contributed by atoms with Gasteiger partial charge < -0.3 is 10.2 Å². The van der Waals surface area contributed by atoms with Gasteiger partial charge in [-0.1, -0.05) is 24.3 Å². The molecule has 0 aliphatic rings. The van der Waals surface area contributed by atoms with E-state index in [9.17, 15) is 8.42 Å². The van der Waals surface area contributed by atoms with Crippen molar-refractivity contribution in [3.05, 3.63) is 65.5 Å². The van der Waals surface area contributed by atoms with Crippen LogP contribution in [0.4, 0.5) is 0 Å². The van der Waals surface area contributed by atoms with E-state index in [1.54, 1.807) is 49.4 Å². The first kappa shape index (κ1) is 13.6. The van der Waals surface area contributed by atoms with Crippen LogP contribution in [0.15, 0.2) is 69.0 Å². The fraction of sp³-hybridized carbons (Fsp3) is 0.143. The van der Waals surface area contributed by atoms with E-state index in [-0.39, 0.29) is 9.80 Å². The summed E-state index contributed by atoms with van der Waals surface area (Å²) >= 11 is 0. The molecule has 0 saturated heterocycles. The van der Waals surface area contributed by atoms with Gasteiger partial charge in [0.2, 0.25) is 9.84 Å². The molecule has 0 amide bonds. The molecule has 0 fully saturated rings. The van der Waals surface area contributed by atoms with Gasteiger partial charge in [0, 0.05) is 0 Å². The predicted octanol–water partition coefficient (Wildman–Crippen LogP) is 2.66. The van der Waals surface area contributed by atoms with Crippen LogP contribution < -0.4 is 5.73 Å². The first-order chi connectivity index (χ1) is 9.07. The van der Waals surface area contributed by atoms with E-state index in [0.29, 0.717) is 5.76 Å². The molecular formula is C14H15NO3S. The third kappa shape index (κ3) is 2.62. The molecule has 0 aliphatic heterocycles. The summed E-state index contributed by atoms with van der Waals surface area (Å²) < 4.78 is 30.2. The zero-order chi connectivity index (χ0) is 13.9. The third-order valence-electron chi connectivity index (χ3n) is 2.80. The Morgan fingerprint density at radius 2 is 1.89 bits per heavy atom. The molecule has 0 saturated carbocycles. The Morgan fingerprint density at radius 1 is 1.21 bits per heavy atom. The summed E-state index contributed by atoms with van der Waals surface area (Å²) in [7, 11) is -3.60. The van der Waals surface area contributed by atoms with Crippen LogP contribution >= 0.6 is 0 Å². The van der Waals surface area contributed by atoms with E-state index in [1.807, 2.05) is 0 Å². The normalized spacial score (nSPS) is 14.3. The lowest BCUT2D eigenvalue weighted by molar-refractivity contribution is 0.489. The molecule has 19 heavy (non-hydrogen) atoms. The van der Waals surface area contributed by atoms with E-state index in [4.69, 9.17) is 10.2 Å². The van der Waals surface area contributed by atoms with Gasteiger partial charge in [-0.2, -0.15) is 0 Å². The minimum Gasteiger partial charge on any atom is -0.467 e. The number of allylic oxidation sites excluding steroid dienone is 1. The van der Waals surface area contributed by atoms with Crippen LogP contribution in [0.2, 0.25) is 0 Å². The molecule has 2 N–H and O–H groups in total. The highest BCUT2D eigenvalue weighted by atomic mass is 32.2. The highest BCUT2D eigenvalue weighted by Crippen LogP contribution is 2.28. The molecule has 0 unspecified atom stereocenters. The Morgan fingerprint density at radius 3 is 2.42 bits per heavy atom. The highest BCUT2D eigenvalue weighted by molar-refractivity contribution is 7.95. The summed E-state index contributed by atoms with van der Waals surface area (Å²) in [5.41, 5.74) is 5.98. The Balaban J connectivity index is 2.44. The SMILES string of the molecule is C/C=C(/[C@H](N)c1ccco1)S(=O)(=O)c1ccccc1. The number of furan rings is 1. The molecule has 1 aromatic carbocycles. The van der Waals surface area contributed by atoms with Gasteiger partial charge in [0.05, 0.1) is 22.1 Å². The lowest BCUT2D eigenvalue weighted by Crippen LogP contribution is -2.19. The van der Waals surface area contributed by atoms with Crippen LogP contribution in [0.5, 0.6) is 0 Å². The second-order valence-corrected chi connectivity index (χ2v) is 5.95. The van der Waals surface area contributed by atoms with Crippen molar-refractivity contribution < 1.29 is 12.8 Å². The summed E-state index contributed by atoms with van der Waals surface area (Å²) in [6, 6.07) is 10.8. The smallest absolute Gasteiger partial charge is 0.204 e. The maximum atomic E-state index is 12.5. The summed E-state index contributed by atoms with van der Waals surface area (Å²) in [5.74, 6) is 0.424.